The van der Waals surface area contributed by atoms with Crippen LogP contribution in [0.3, 0.4) is 0 Å². The number of rotatable bonds is 2. The van der Waals surface area contributed by atoms with Gasteiger partial charge in [0.25, 0.3) is 0 Å². The van der Waals surface area contributed by atoms with Crippen molar-refractivity contribution >= 4 is 43.6 Å². The lowest BCUT2D eigenvalue weighted by atomic mass is 9.66. The van der Waals surface area contributed by atoms with Crippen LogP contribution >= 0.6 is 0 Å². The summed E-state index contributed by atoms with van der Waals surface area (Å²) in [4.78, 5) is 14.8. The lowest BCUT2D eigenvalue weighted by molar-refractivity contribution is 0.434. The number of nitrogens with zero attached hydrogens (tertiary/aromatic N) is 7. The lowest BCUT2D eigenvalue weighted by Crippen LogP contribution is -2.32. The van der Waals surface area contributed by atoms with Gasteiger partial charge in [0.15, 0.2) is 5.75 Å². The molecule has 0 N–H and O–H groups in total. The van der Waals surface area contributed by atoms with Crippen molar-refractivity contribution < 1.29 is 4.74 Å². The Hall–Kier alpha value is -8.07. The Labute approximate surface area is 319 Å². The minimum Gasteiger partial charge on any atom is -0.454 e. The van der Waals surface area contributed by atoms with Crippen LogP contribution in [0.4, 0.5) is 0 Å². The molecule has 1 spiro atoms. The predicted molar refractivity (Wildman–Crippen MR) is 215 cm³/mol. The molecule has 0 saturated heterocycles. The first-order valence-electron chi connectivity index (χ1n) is 18.3. The maximum absolute atomic E-state index is 9.81. The smallest absolute Gasteiger partial charge is 0.156 e. The zero-order valence-electron chi connectivity index (χ0n) is 29.5. The van der Waals surface area contributed by atoms with E-state index in [0.717, 1.165) is 94.4 Å². The summed E-state index contributed by atoms with van der Waals surface area (Å²) in [5.74, 6) is 1.46. The van der Waals surface area contributed by atoms with Gasteiger partial charge in [0.1, 0.15) is 5.75 Å². The second-order valence-corrected chi connectivity index (χ2v) is 14.3. The maximum Gasteiger partial charge on any atom is 0.156 e. The molecule has 1 unspecified atom stereocenters. The number of nitriles is 2. The third-order valence-corrected chi connectivity index (χ3v) is 11.6. The van der Waals surface area contributed by atoms with E-state index in [1.54, 1.807) is 6.20 Å². The van der Waals surface area contributed by atoms with Gasteiger partial charge in [-0.15, -0.1) is 0 Å². The number of fused-ring (bicyclic) bond motifs is 15. The number of pyridine rings is 3. The van der Waals surface area contributed by atoms with Gasteiger partial charge in [0.05, 0.1) is 85.9 Å². The third-order valence-electron chi connectivity index (χ3n) is 11.6. The normalized spacial score (nSPS) is 15.0. The van der Waals surface area contributed by atoms with Gasteiger partial charge in [0.2, 0.25) is 0 Å². The Morgan fingerprint density at radius 2 is 1.21 bits per heavy atom. The van der Waals surface area contributed by atoms with Crippen LogP contribution in [0, 0.1) is 22.7 Å². The molecule has 1 aliphatic heterocycles. The number of ether oxygens (including phenoxy) is 1. The minimum atomic E-state index is -0.847. The Morgan fingerprint density at radius 3 is 2.05 bits per heavy atom. The van der Waals surface area contributed by atoms with Crippen LogP contribution in [-0.4, -0.2) is 24.1 Å². The first-order valence-corrected chi connectivity index (χ1v) is 18.3. The topological polar surface area (TPSA) is 105 Å². The summed E-state index contributed by atoms with van der Waals surface area (Å²) in [5, 5.41) is 23.6. The summed E-state index contributed by atoms with van der Waals surface area (Å²) in [5.41, 5.74) is 11.6. The minimum absolute atomic E-state index is 0.594. The summed E-state index contributed by atoms with van der Waals surface area (Å²) >= 11 is 0. The van der Waals surface area contributed by atoms with E-state index in [1.165, 1.54) is 0 Å². The molecule has 0 fully saturated rings. The quantitative estimate of drug-likeness (QED) is 0.176. The molecule has 6 heterocycles. The average molecular weight is 716 g/mol. The first-order chi connectivity index (χ1) is 27.7. The second-order valence-electron chi connectivity index (χ2n) is 14.3. The highest BCUT2D eigenvalue weighted by atomic mass is 16.5. The molecule has 12 rings (SSSR count). The van der Waals surface area contributed by atoms with Crippen LogP contribution < -0.4 is 4.74 Å². The van der Waals surface area contributed by atoms with Crippen LogP contribution in [0.15, 0.2) is 152 Å². The highest BCUT2D eigenvalue weighted by Gasteiger charge is 2.53. The molecular formula is C48H25N7O. The molecule has 56 heavy (non-hydrogen) atoms. The molecule has 8 nitrogen and oxygen atoms in total. The van der Waals surface area contributed by atoms with Crippen molar-refractivity contribution in [3.63, 3.8) is 0 Å². The van der Waals surface area contributed by atoms with Gasteiger partial charge in [-0.1, -0.05) is 54.6 Å². The highest BCUT2D eigenvalue weighted by Crippen LogP contribution is 2.62. The SMILES string of the molecule is N#Cc1ccc2c(c1)c1ccccc1n2-c1cnc2c(c1)C1(c3ccccc3Oc3c(-n4c5ccc(C#N)cc5c5ccncc54)cccc31)c1cccnc1-2. The largest absolute Gasteiger partial charge is 0.454 e. The summed E-state index contributed by atoms with van der Waals surface area (Å²) in [6.45, 7) is 0. The maximum atomic E-state index is 9.81. The van der Waals surface area contributed by atoms with Crippen molar-refractivity contribution in [2.24, 2.45) is 0 Å². The predicted octanol–water partition coefficient (Wildman–Crippen LogP) is 10.3. The number of hydrogen-bond acceptors (Lipinski definition) is 6. The van der Waals surface area contributed by atoms with E-state index >= 15 is 0 Å². The van der Waals surface area contributed by atoms with Crippen LogP contribution in [0.25, 0.3) is 66.4 Å². The summed E-state index contributed by atoms with van der Waals surface area (Å²) in [7, 11) is 0. The van der Waals surface area contributed by atoms with Crippen molar-refractivity contribution in [3.8, 4) is 46.4 Å². The molecule has 258 valence electrons. The van der Waals surface area contributed by atoms with Crippen LogP contribution in [-0.2, 0) is 5.41 Å². The second kappa shape index (κ2) is 11.0. The van der Waals surface area contributed by atoms with E-state index in [2.05, 4.69) is 80.9 Å². The fourth-order valence-electron chi connectivity index (χ4n) is 9.41. The number of benzene rings is 5. The summed E-state index contributed by atoms with van der Waals surface area (Å²) in [6.07, 6.45) is 7.43. The Morgan fingerprint density at radius 1 is 0.518 bits per heavy atom. The average Bonchev–Trinajstić information content (AvgIpc) is 3.87. The molecule has 10 aromatic rings. The van der Waals surface area contributed by atoms with Crippen molar-refractivity contribution in [1.82, 2.24) is 24.1 Å². The molecule has 1 atom stereocenters. The van der Waals surface area contributed by atoms with Crippen LogP contribution in [0.5, 0.6) is 11.5 Å². The lowest BCUT2D eigenvalue weighted by Gasteiger charge is -2.39. The van der Waals surface area contributed by atoms with E-state index < -0.39 is 5.41 Å². The van der Waals surface area contributed by atoms with Gasteiger partial charge in [-0.2, -0.15) is 10.5 Å². The van der Waals surface area contributed by atoms with Crippen molar-refractivity contribution in [2.75, 3.05) is 0 Å². The standard InChI is InChI=1S/C48H25N7O/c49-24-28-14-16-40-33(21-28)31-7-1-3-11-39(31)54(40)30-23-38-46(53-26-30)45-36(10-6-19-52-45)48(38)35-8-2-4-13-44(35)56-47-37(48)9-5-12-42(47)55-41-17-15-29(25-50)22-34(41)32-18-20-51-27-43(32)55/h1-23,26-27H. The Bertz CT molecular complexity index is 3450. The van der Waals surface area contributed by atoms with Gasteiger partial charge in [-0.05, 0) is 78.4 Å². The number of para-hydroxylation sites is 3. The van der Waals surface area contributed by atoms with Crippen LogP contribution in [0.2, 0.25) is 0 Å². The van der Waals surface area contributed by atoms with Gasteiger partial charge in [0, 0.05) is 50.6 Å². The first kappa shape index (κ1) is 30.4. The zero-order chi connectivity index (χ0) is 37.1. The van der Waals surface area contributed by atoms with Crippen molar-refractivity contribution in [3.05, 3.63) is 186 Å². The Kier molecular flexibility index (Phi) is 5.96. The molecule has 8 heteroatoms. The molecule has 2 aliphatic rings. The molecule has 0 radical (unpaired) electrons. The number of aromatic nitrogens is 5. The fraction of sp³-hybridized carbons (Fsp3) is 0.0208. The molecule has 0 amide bonds. The van der Waals surface area contributed by atoms with Gasteiger partial charge in [-0.25, -0.2) is 0 Å². The van der Waals surface area contributed by atoms with E-state index in [-0.39, 0.29) is 0 Å². The zero-order valence-corrected chi connectivity index (χ0v) is 29.5. The van der Waals surface area contributed by atoms with E-state index in [9.17, 15) is 10.5 Å². The molecule has 0 bridgehead atoms. The van der Waals surface area contributed by atoms with Gasteiger partial charge < -0.3 is 13.9 Å². The monoisotopic (exact) mass is 715 g/mol. The third kappa shape index (κ3) is 3.76. The molecular weight excluding hydrogens is 691 g/mol. The molecule has 0 saturated carbocycles. The molecule has 1 aliphatic carbocycles. The van der Waals surface area contributed by atoms with Crippen LogP contribution in [0.1, 0.15) is 33.4 Å². The number of hydrogen-bond donors (Lipinski definition) is 0. The van der Waals surface area contributed by atoms with E-state index in [4.69, 9.17) is 14.7 Å². The summed E-state index contributed by atoms with van der Waals surface area (Å²) in [6, 6.07) is 47.6. The highest BCUT2D eigenvalue weighted by molar-refractivity contribution is 6.11. The van der Waals surface area contributed by atoms with Crippen molar-refractivity contribution in [1.29, 1.82) is 10.5 Å². The molecule has 5 aromatic heterocycles. The van der Waals surface area contributed by atoms with E-state index in [1.807, 2.05) is 91.4 Å². The van der Waals surface area contributed by atoms with Crippen molar-refractivity contribution in [2.45, 2.75) is 5.41 Å². The van der Waals surface area contributed by atoms with E-state index in [0.29, 0.717) is 16.9 Å². The Balaban J connectivity index is 1.19. The van der Waals surface area contributed by atoms with Gasteiger partial charge in [-0.3, -0.25) is 15.0 Å². The fourth-order valence-corrected chi connectivity index (χ4v) is 9.41. The summed E-state index contributed by atoms with van der Waals surface area (Å²) < 4.78 is 11.5. The molecule has 5 aromatic carbocycles. The van der Waals surface area contributed by atoms with Gasteiger partial charge >= 0.3 is 0 Å².